The molecule has 1 aromatic heterocycles. The van der Waals surface area contributed by atoms with Crippen LogP contribution in [0.15, 0.2) is 11.6 Å². The van der Waals surface area contributed by atoms with Gasteiger partial charge >= 0.3 is 6.01 Å². The number of hydrogen-bond acceptors (Lipinski definition) is 6. The second-order valence-corrected chi connectivity index (χ2v) is 6.30. The molecule has 0 aliphatic heterocycles. The smallest absolute Gasteiger partial charge is 0.319 e. The summed E-state index contributed by atoms with van der Waals surface area (Å²) >= 11 is 0. The normalized spacial score (nSPS) is 29.0. The number of ketones is 1. The van der Waals surface area contributed by atoms with Gasteiger partial charge < -0.3 is 9.47 Å². The summed E-state index contributed by atoms with van der Waals surface area (Å²) in [5, 5.41) is 9.31. The molecule has 120 valence electrons. The minimum atomic E-state index is -0.504. The van der Waals surface area contributed by atoms with Crippen LogP contribution in [-0.4, -0.2) is 30.0 Å². The van der Waals surface area contributed by atoms with Crippen LogP contribution in [-0.2, 0) is 16.6 Å². The number of allylic oxidation sites excluding steroid dienone is 2. The van der Waals surface area contributed by atoms with E-state index in [9.17, 15) is 10.1 Å². The zero-order valence-electron chi connectivity index (χ0n) is 13.7. The van der Waals surface area contributed by atoms with Crippen molar-refractivity contribution in [1.29, 1.82) is 5.26 Å². The van der Waals surface area contributed by atoms with Crippen LogP contribution in [0.25, 0.3) is 0 Å². The molecular formula is C17H19N3O3. The average molecular weight is 313 g/mol. The molecule has 0 saturated heterocycles. The van der Waals surface area contributed by atoms with Crippen LogP contribution in [0.3, 0.4) is 0 Å². The molecular weight excluding hydrogens is 294 g/mol. The van der Waals surface area contributed by atoms with Crippen molar-refractivity contribution in [3.8, 4) is 18.0 Å². The number of methoxy groups -OCH3 is 2. The quantitative estimate of drug-likeness (QED) is 0.830. The Balaban J connectivity index is 2.27. The van der Waals surface area contributed by atoms with Crippen molar-refractivity contribution in [3.05, 3.63) is 22.9 Å². The number of rotatable bonds is 2. The summed E-state index contributed by atoms with van der Waals surface area (Å²) in [5.74, 6) is 0.318. The molecule has 2 aliphatic carbocycles. The van der Waals surface area contributed by atoms with Gasteiger partial charge in [0.1, 0.15) is 6.07 Å². The molecule has 0 N–H and O–H groups in total. The molecule has 0 aromatic carbocycles. The summed E-state index contributed by atoms with van der Waals surface area (Å²) in [4.78, 5) is 21.1. The molecule has 23 heavy (non-hydrogen) atoms. The molecule has 0 radical (unpaired) electrons. The number of nitriles is 1. The van der Waals surface area contributed by atoms with E-state index in [4.69, 9.17) is 9.47 Å². The van der Waals surface area contributed by atoms with Crippen LogP contribution in [0.2, 0.25) is 0 Å². The lowest BCUT2D eigenvalue weighted by Crippen LogP contribution is -2.46. The van der Waals surface area contributed by atoms with Crippen LogP contribution in [0.1, 0.15) is 31.5 Å². The first kappa shape index (κ1) is 15.5. The zero-order chi connectivity index (χ0) is 16.8. The minimum Gasteiger partial charge on any atom is -0.481 e. The molecule has 3 rings (SSSR count). The van der Waals surface area contributed by atoms with Gasteiger partial charge in [-0.25, -0.2) is 0 Å². The first-order valence-corrected chi connectivity index (χ1v) is 7.62. The lowest BCUT2D eigenvalue weighted by molar-refractivity contribution is -0.121. The first-order valence-electron chi connectivity index (χ1n) is 7.62. The summed E-state index contributed by atoms with van der Waals surface area (Å²) in [7, 11) is 3.08. The first-order chi connectivity index (χ1) is 11.0. The molecule has 6 nitrogen and oxygen atoms in total. The highest BCUT2D eigenvalue weighted by molar-refractivity contribution is 6.02. The molecule has 2 aliphatic rings. The highest BCUT2D eigenvalue weighted by Crippen LogP contribution is 2.50. The zero-order valence-corrected chi connectivity index (χ0v) is 13.7. The van der Waals surface area contributed by atoms with Crippen molar-refractivity contribution in [2.75, 3.05) is 14.2 Å². The minimum absolute atomic E-state index is 0.0774. The van der Waals surface area contributed by atoms with E-state index in [2.05, 4.69) is 9.97 Å². The Bertz CT molecular complexity index is 750. The number of carbonyl (C=O) groups excluding carboxylic acids is 1. The molecule has 1 heterocycles. The number of carbonyl (C=O) groups is 1. The fourth-order valence-electron chi connectivity index (χ4n) is 3.98. The topological polar surface area (TPSA) is 85.1 Å². The molecule has 0 fully saturated rings. The summed E-state index contributed by atoms with van der Waals surface area (Å²) in [6.45, 7) is 3.93. The second kappa shape index (κ2) is 5.34. The Morgan fingerprint density at radius 3 is 2.70 bits per heavy atom. The van der Waals surface area contributed by atoms with Crippen molar-refractivity contribution in [2.24, 2.45) is 11.8 Å². The van der Waals surface area contributed by atoms with E-state index in [1.165, 1.54) is 7.11 Å². The van der Waals surface area contributed by atoms with Gasteiger partial charge in [-0.2, -0.15) is 15.2 Å². The van der Waals surface area contributed by atoms with E-state index in [1.807, 2.05) is 19.9 Å². The molecule has 6 heteroatoms. The van der Waals surface area contributed by atoms with Crippen molar-refractivity contribution in [2.45, 2.75) is 32.1 Å². The number of ether oxygens (including phenoxy) is 2. The monoisotopic (exact) mass is 313 g/mol. The van der Waals surface area contributed by atoms with Gasteiger partial charge in [0.25, 0.3) is 0 Å². The Labute approximate surface area is 135 Å². The molecule has 0 bridgehead atoms. The third-order valence-corrected chi connectivity index (χ3v) is 5.16. The Hall–Kier alpha value is -2.42. The number of nitrogens with zero attached hydrogens (tertiary/aromatic N) is 3. The van der Waals surface area contributed by atoms with E-state index in [-0.39, 0.29) is 29.2 Å². The Morgan fingerprint density at radius 1 is 1.35 bits per heavy atom. The van der Waals surface area contributed by atoms with Gasteiger partial charge in [0.05, 0.1) is 25.5 Å². The lowest BCUT2D eigenvalue weighted by Gasteiger charge is -2.45. The summed E-state index contributed by atoms with van der Waals surface area (Å²) in [5.41, 5.74) is 1.43. The number of hydrogen-bond donors (Lipinski definition) is 0. The molecule has 3 atom stereocenters. The van der Waals surface area contributed by atoms with Crippen LogP contribution < -0.4 is 9.47 Å². The maximum Gasteiger partial charge on any atom is 0.319 e. The number of fused-ring (bicyclic) bond motifs is 3. The number of Topliss-reactive ketones (excluding diaryl/α,β-unsaturated/α-hetero) is 1. The van der Waals surface area contributed by atoms with Crippen LogP contribution >= 0.6 is 0 Å². The largest absolute Gasteiger partial charge is 0.481 e. The fraction of sp³-hybridized carbons (Fsp3) is 0.529. The van der Waals surface area contributed by atoms with E-state index < -0.39 is 5.41 Å². The molecule has 0 spiro atoms. The highest BCUT2D eigenvalue weighted by Gasteiger charge is 2.49. The van der Waals surface area contributed by atoms with Gasteiger partial charge in [-0.3, -0.25) is 4.79 Å². The fourth-order valence-corrected chi connectivity index (χ4v) is 3.98. The van der Waals surface area contributed by atoms with Crippen LogP contribution in [0.5, 0.6) is 11.9 Å². The third kappa shape index (κ3) is 2.11. The van der Waals surface area contributed by atoms with Crippen molar-refractivity contribution < 1.29 is 14.3 Å². The van der Waals surface area contributed by atoms with Gasteiger partial charge in [-0.1, -0.05) is 19.9 Å². The van der Waals surface area contributed by atoms with E-state index in [0.717, 1.165) is 24.1 Å². The van der Waals surface area contributed by atoms with Crippen molar-refractivity contribution >= 4 is 5.78 Å². The SMILES string of the molecule is COc1nc(OC)c2c(n1)[C@]1(C)C=C(C#N)C(=O)[C@H](C)[C@H]1CC2. The predicted molar refractivity (Wildman–Crippen MR) is 82.2 cm³/mol. The molecule has 0 unspecified atom stereocenters. The highest BCUT2D eigenvalue weighted by atomic mass is 16.5. The Kier molecular flexibility index (Phi) is 3.59. The van der Waals surface area contributed by atoms with Gasteiger partial charge in [0.15, 0.2) is 5.78 Å². The molecule has 0 saturated carbocycles. The van der Waals surface area contributed by atoms with Gasteiger partial charge in [0.2, 0.25) is 5.88 Å². The van der Waals surface area contributed by atoms with Crippen LogP contribution in [0, 0.1) is 23.2 Å². The summed E-state index contributed by atoms with van der Waals surface area (Å²) in [6, 6.07) is 2.27. The lowest BCUT2D eigenvalue weighted by atomic mass is 9.58. The van der Waals surface area contributed by atoms with E-state index in [0.29, 0.717) is 5.88 Å². The average Bonchev–Trinajstić information content (AvgIpc) is 2.57. The maximum atomic E-state index is 12.3. The van der Waals surface area contributed by atoms with Crippen molar-refractivity contribution in [3.63, 3.8) is 0 Å². The summed E-state index contributed by atoms with van der Waals surface area (Å²) < 4.78 is 10.6. The predicted octanol–water partition coefficient (Wildman–Crippen LogP) is 1.98. The Morgan fingerprint density at radius 2 is 2.09 bits per heavy atom. The van der Waals surface area contributed by atoms with Gasteiger partial charge in [-0.15, -0.1) is 0 Å². The maximum absolute atomic E-state index is 12.3. The molecule has 1 aromatic rings. The second-order valence-electron chi connectivity index (χ2n) is 6.30. The number of aromatic nitrogens is 2. The standard InChI is InChI=1S/C17H19N3O3/c1-9-12-6-5-11-14(19-16(23-4)20-15(11)22-3)17(12,2)7-10(8-18)13(9)21/h7,9,12H,5-6H2,1-4H3/t9-,12-,17-/m1/s1. The third-order valence-electron chi connectivity index (χ3n) is 5.16. The van der Waals surface area contributed by atoms with E-state index >= 15 is 0 Å². The van der Waals surface area contributed by atoms with Crippen molar-refractivity contribution in [1.82, 2.24) is 9.97 Å². The molecule has 0 amide bonds. The summed E-state index contributed by atoms with van der Waals surface area (Å²) in [6.07, 6.45) is 3.34. The van der Waals surface area contributed by atoms with E-state index in [1.54, 1.807) is 13.2 Å². The van der Waals surface area contributed by atoms with Crippen LogP contribution in [0.4, 0.5) is 0 Å². The van der Waals surface area contributed by atoms with Gasteiger partial charge in [-0.05, 0) is 18.8 Å². The van der Waals surface area contributed by atoms with Gasteiger partial charge in [0, 0.05) is 16.9 Å².